The SMILES string of the molecule is CNCc1ccc(-c2cc(C)c(F)cc2F)cc1F. The van der Waals surface area contributed by atoms with Crippen molar-refractivity contribution in [2.45, 2.75) is 13.5 Å². The van der Waals surface area contributed by atoms with Crippen LogP contribution in [-0.2, 0) is 6.54 Å². The lowest BCUT2D eigenvalue weighted by atomic mass is 10.0. The van der Waals surface area contributed by atoms with Crippen molar-refractivity contribution >= 4 is 0 Å². The average Bonchev–Trinajstić information content (AvgIpc) is 2.36. The molecule has 0 aromatic heterocycles. The molecule has 0 atom stereocenters. The molecule has 0 aliphatic rings. The fourth-order valence-corrected chi connectivity index (χ4v) is 1.93. The molecule has 0 aliphatic heterocycles. The van der Waals surface area contributed by atoms with Crippen LogP contribution < -0.4 is 5.32 Å². The van der Waals surface area contributed by atoms with Gasteiger partial charge in [-0.1, -0.05) is 12.1 Å². The van der Waals surface area contributed by atoms with Gasteiger partial charge >= 0.3 is 0 Å². The van der Waals surface area contributed by atoms with Gasteiger partial charge in [0.05, 0.1) is 0 Å². The van der Waals surface area contributed by atoms with E-state index in [9.17, 15) is 13.2 Å². The molecule has 0 spiro atoms. The molecule has 0 saturated carbocycles. The summed E-state index contributed by atoms with van der Waals surface area (Å²) in [5.41, 5.74) is 1.44. The maximum atomic E-state index is 13.8. The first kappa shape index (κ1) is 13.6. The van der Waals surface area contributed by atoms with Crippen molar-refractivity contribution in [1.29, 1.82) is 0 Å². The molecule has 0 bridgehead atoms. The highest BCUT2D eigenvalue weighted by molar-refractivity contribution is 5.65. The third-order valence-electron chi connectivity index (χ3n) is 2.98. The molecule has 1 N–H and O–H groups in total. The Morgan fingerprint density at radius 3 is 2.32 bits per heavy atom. The van der Waals surface area contributed by atoms with E-state index in [0.717, 1.165) is 6.07 Å². The molecule has 2 aromatic carbocycles. The molecule has 0 radical (unpaired) electrons. The summed E-state index contributed by atoms with van der Waals surface area (Å²) >= 11 is 0. The molecule has 0 fully saturated rings. The van der Waals surface area contributed by atoms with Crippen molar-refractivity contribution in [2.75, 3.05) is 7.05 Å². The Kier molecular flexibility index (Phi) is 3.90. The van der Waals surface area contributed by atoms with Crippen LogP contribution in [0, 0.1) is 24.4 Å². The van der Waals surface area contributed by atoms with Gasteiger partial charge in [0.25, 0.3) is 0 Å². The summed E-state index contributed by atoms with van der Waals surface area (Å²) in [6.07, 6.45) is 0. The molecule has 1 nitrogen and oxygen atoms in total. The van der Waals surface area contributed by atoms with E-state index in [1.54, 1.807) is 26.1 Å². The molecule has 0 amide bonds. The lowest BCUT2D eigenvalue weighted by Gasteiger charge is -2.08. The molecule has 0 aliphatic carbocycles. The zero-order valence-corrected chi connectivity index (χ0v) is 10.7. The van der Waals surface area contributed by atoms with Crippen LogP contribution in [0.15, 0.2) is 30.3 Å². The number of aryl methyl sites for hydroxylation is 1. The lowest BCUT2D eigenvalue weighted by molar-refractivity contribution is 0.579. The number of rotatable bonds is 3. The average molecular weight is 265 g/mol. The second-order valence-corrected chi connectivity index (χ2v) is 4.42. The topological polar surface area (TPSA) is 12.0 Å². The van der Waals surface area contributed by atoms with Crippen molar-refractivity contribution in [3.8, 4) is 11.1 Å². The first-order valence-electron chi connectivity index (χ1n) is 5.92. The van der Waals surface area contributed by atoms with Crippen molar-refractivity contribution < 1.29 is 13.2 Å². The summed E-state index contributed by atoms with van der Waals surface area (Å²) in [5, 5.41) is 2.85. The predicted molar refractivity (Wildman–Crippen MR) is 69.3 cm³/mol. The van der Waals surface area contributed by atoms with E-state index in [1.807, 2.05) is 0 Å². The normalized spacial score (nSPS) is 10.8. The smallest absolute Gasteiger partial charge is 0.133 e. The number of hydrogen-bond donors (Lipinski definition) is 1. The molecule has 0 unspecified atom stereocenters. The van der Waals surface area contributed by atoms with Crippen LogP contribution in [-0.4, -0.2) is 7.05 Å². The molecule has 4 heteroatoms. The van der Waals surface area contributed by atoms with Crippen molar-refractivity contribution in [3.63, 3.8) is 0 Å². The molecule has 2 rings (SSSR count). The fourth-order valence-electron chi connectivity index (χ4n) is 1.93. The number of hydrogen-bond acceptors (Lipinski definition) is 1. The molecule has 0 heterocycles. The number of nitrogens with one attached hydrogen (secondary N) is 1. The van der Waals surface area contributed by atoms with Gasteiger partial charge in [0, 0.05) is 23.7 Å². The third-order valence-corrected chi connectivity index (χ3v) is 2.98. The van der Waals surface area contributed by atoms with E-state index in [-0.39, 0.29) is 5.56 Å². The van der Waals surface area contributed by atoms with Gasteiger partial charge in [-0.05, 0) is 37.2 Å². The summed E-state index contributed by atoms with van der Waals surface area (Å²) in [5.74, 6) is -1.70. The molecule has 2 aromatic rings. The molecule has 0 saturated heterocycles. The molecule has 19 heavy (non-hydrogen) atoms. The minimum absolute atomic E-state index is 0.203. The van der Waals surface area contributed by atoms with Gasteiger partial charge in [0.2, 0.25) is 0 Å². The quantitative estimate of drug-likeness (QED) is 0.890. The summed E-state index contributed by atoms with van der Waals surface area (Å²) < 4.78 is 40.7. The van der Waals surface area contributed by atoms with E-state index in [0.29, 0.717) is 23.2 Å². The van der Waals surface area contributed by atoms with Crippen LogP contribution in [0.25, 0.3) is 11.1 Å². The summed E-state index contributed by atoms with van der Waals surface area (Å²) in [6.45, 7) is 1.95. The predicted octanol–water partition coefficient (Wildman–Crippen LogP) is 3.80. The largest absolute Gasteiger partial charge is 0.316 e. The zero-order chi connectivity index (χ0) is 14.0. The van der Waals surface area contributed by atoms with E-state index in [2.05, 4.69) is 5.32 Å². The Bertz CT molecular complexity index is 609. The van der Waals surface area contributed by atoms with Crippen LogP contribution >= 0.6 is 0 Å². The Labute approximate surface area is 110 Å². The van der Waals surface area contributed by atoms with Crippen molar-refractivity contribution in [2.24, 2.45) is 0 Å². The van der Waals surface area contributed by atoms with Crippen molar-refractivity contribution in [3.05, 3.63) is 58.9 Å². The second-order valence-electron chi connectivity index (χ2n) is 4.42. The van der Waals surface area contributed by atoms with Crippen LogP contribution in [0.3, 0.4) is 0 Å². The van der Waals surface area contributed by atoms with Crippen LogP contribution in [0.5, 0.6) is 0 Å². The summed E-state index contributed by atoms with van der Waals surface area (Å²) in [6, 6.07) is 6.70. The maximum absolute atomic E-state index is 13.8. The number of benzene rings is 2. The Morgan fingerprint density at radius 2 is 1.68 bits per heavy atom. The highest BCUT2D eigenvalue weighted by Gasteiger charge is 2.11. The monoisotopic (exact) mass is 265 g/mol. The number of halogens is 3. The van der Waals surface area contributed by atoms with Gasteiger partial charge in [-0.2, -0.15) is 0 Å². The van der Waals surface area contributed by atoms with Gasteiger partial charge in [-0.3, -0.25) is 0 Å². The van der Waals surface area contributed by atoms with Crippen LogP contribution in [0.1, 0.15) is 11.1 Å². The minimum Gasteiger partial charge on any atom is -0.316 e. The third kappa shape index (κ3) is 2.79. The van der Waals surface area contributed by atoms with E-state index < -0.39 is 17.5 Å². The maximum Gasteiger partial charge on any atom is 0.133 e. The van der Waals surface area contributed by atoms with Gasteiger partial charge in [-0.25, -0.2) is 13.2 Å². The fraction of sp³-hybridized carbons (Fsp3) is 0.200. The van der Waals surface area contributed by atoms with Crippen LogP contribution in [0.2, 0.25) is 0 Å². The molecule has 100 valence electrons. The van der Waals surface area contributed by atoms with Gasteiger partial charge in [0.15, 0.2) is 0 Å². The summed E-state index contributed by atoms with van der Waals surface area (Å²) in [7, 11) is 1.72. The summed E-state index contributed by atoms with van der Waals surface area (Å²) in [4.78, 5) is 0. The van der Waals surface area contributed by atoms with Gasteiger partial charge < -0.3 is 5.32 Å². The first-order chi connectivity index (χ1) is 9.02. The van der Waals surface area contributed by atoms with E-state index >= 15 is 0 Å². The Morgan fingerprint density at radius 1 is 0.947 bits per heavy atom. The first-order valence-corrected chi connectivity index (χ1v) is 5.92. The highest BCUT2D eigenvalue weighted by Crippen LogP contribution is 2.27. The zero-order valence-electron chi connectivity index (χ0n) is 10.7. The van der Waals surface area contributed by atoms with Crippen molar-refractivity contribution in [1.82, 2.24) is 5.32 Å². The van der Waals surface area contributed by atoms with E-state index in [1.165, 1.54) is 12.1 Å². The highest BCUT2D eigenvalue weighted by atomic mass is 19.1. The van der Waals surface area contributed by atoms with Gasteiger partial charge in [-0.15, -0.1) is 0 Å². The Balaban J connectivity index is 2.48. The second kappa shape index (κ2) is 5.45. The minimum atomic E-state index is -0.691. The lowest BCUT2D eigenvalue weighted by Crippen LogP contribution is -2.06. The molecular weight excluding hydrogens is 251 g/mol. The van der Waals surface area contributed by atoms with Gasteiger partial charge in [0.1, 0.15) is 17.5 Å². The standard InChI is InChI=1S/C15H14F3N/c1-9-5-12(15(18)7-13(9)16)10-3-4-11(8-19-2)14(17)6-10/h3-7,19H,8H2,1-2H3. The Hall–Kier alpha value is -1.81. The molecular formula is C15H14F3N. The van der Waals surface area contributed by atoms with E-state index in [4.69, 9.17) is 0 Å². The van der Waals surface area contributed by atoms with Crippen LogP contribution in [0.4, 0.5) is 13.2 Å².